The molecule has 3 heteroatoms. The second-order valence-corrected chi connectivity index (χ2v) is 5.41. The number of benzene rings is 2. The van der Waals surface area contributed by atoms with E-state index in [4.69, 9.17) is 0 Å². The molecule has 17 heavy (non-hydrogen) atoms. The van der Waals surface area contributed by atoms with Crippen LogP contribution < -0.4 is 0 Å². The lowest BCUT2D eigenvalue weighted by atomic mass is 10.2. The Morgan fingerprint density at radius 1 is 0.765 bits per heavy atom. The smallest absolute Gasteiger partial charge is 0.199 e. The van der Waals surface area contributed by atoms with Crippen molar-refractivity contribution in [3.05, 3.63) is 71.6 Å². The first-order chi connectivity index (χ1) is 8.18. The largest absolute Gasteiger partial charge is 0.219 e. The summed E-state index contributed by atoms with van der Waals surface area (Å²) in [7, 11) is -3.34. The van der Waals surface area contributed by atoms with Gasteiger partial charge < -0.3 is 0 Å². The van der Waals surface area contributed by atoms with E-state index in [1.54, 1.807) is 36.4 Å². The molecule has 0 amide bonds. The monoisotopic (exact) mass is 244 g/mol. The van der Waals surface area contributed by atoms with Crippen LogP contribution in [0, 0.1) is 0 Å². The summed E-state index contributed by atoms with van der Waals surface area (Å²) in [4.78, 5) is 0.312. The maximum atomic E-state index is 11.9. The summed E-state index contributed by atoms with van der Waals surface area (Å²) in [5.41, 5.74) is 0.868. The molecule has 0 fully saturated rings. The van der Waals surface area contributed by atoms with Crippen LogP contribution in [0.15, 0.2) is 71.0 Å². The predicted octanol–water partition coefficient (Wildman–Crippen LogP) is 3.13. The van der Waals surface area contributed by atoms with Gasteiger partial charge in [0.05, 0.1) is 4.90 Å². The van der Waals surface area contributed by atoms with Gasteiger partial charge in [-0.05, 0) is 23.8 Å². The van der Waals surface area contributed by atoms with Crippen molar-refractivity contribution in [3.8, 4) is 0 Å². The van der Waals surface area contributed by atoms with Crippen LogP contribution in [0.3, 0.4) is 0 Å². The van der Waals surface area contributed by atoms with E-state index in [1.165, 1.54) is 5.41 Å². The van der Waals surface area contributed by atoms with Gasteiger partial charge in [-0.1, -0.05) is 48.5 Å². The zero-order valence-electron chi connectivity index (χ0n) is 9.15. The van der Waals surface area contributed by atoms with Gasteiger partial charge in [0.25, 0.3) is 0 Å². The molecule has 0 aliphatic heterocycles. The van der Waals surface area contributed by atoms with Gasteiger partial charge in [-0.3, -0.25) is 0 Å². The quantitative estimate of drug-likeness (QED) is 0.831. The van der Waals surface area contributed by atoms with Crippen molar-refractivity contribution in [1.82, 2.24) is 0 Å². The first kappa shape index (κ1) is 11.6. The van der Waals surface area contributed by atoms with E-state index in [-0.39, 0.29) is 0 Å². The van der Waals surface area contributed by atoms with E-state index < -0.39 is 9.84 Å². The fourth-order valence-corrected chi connectivity index (χ4v) is 2.45. The van der Waals surface area contributed by atoms with Gasteiger partial charge in [0, 0.05) is 5.41 Å². The standard InChI is InChI=1S/C14H12O2S/c15-17(16,14-9-5-2-6-10-14)12-11-13-7-3-1-4-8-13/h1-12H/b12-11+. The van der Waals surface area contributed by atoms with Crippen molar-refractivity contribution in [3.63, 3.8) is 0 Å². The average molecular weight is 244 g/mol. The average Bonchev–Trinajstić information content (AvgIpc) is 2.39. The normalized spacial score (nSPS) is 11.8. The molecule has 0 aliphatic rings. The van der Waals surface area contributed by atoms with Gasteiger partial charge in [-0.15, -0.1) is 0 Å². The Balaban J connectivity index is 2.28. The lowest BCUT2D eigenvalue weighted by Crippen LogP contribution is -1.95. The summed E-state index contributed by atoms with van der Waals surface area (Å²) < 4.78 is 23.8. The van der Waals surface area contributed by atoms with Gasteiger partial charge in [-0.25, -0.2) is 8.42 Å². The molecular weight excluding hydrogens is 232 g/mol. The Morgan fingerprint density at radius 3 is 1.88 bits per heavy atom. The number of rotatable bonds is 3. The Morgan fingerprint density at radius 2 is 1.29 bits per heavy atom. The topological polar surface area (TPSA) is 34.1 Å². The van der Waals surface area contributed by atoms with E-state index in [9.17, 15) is 8.42 Å². The second kappa shape index (κ2) is 4.97. The molecule has 2 aromatic rings. The maximum Gasteiger partial charge on any atom is 0.199 e. The van der Waals surface area contributed by atoms with Gasteiger partial charge in [0.15, 0.2) is 9.84 Å². The molecule has 86 valence electrons. The lowest BCUT2D eigenvalue weighted by molar-refractivity contribution is 0.605. The summed E-state index contributed by atoms with van der Waals surface area (Å²) in [6.45, 7) is 0. The highest BCUT2D eigenvalue weighted by Crippen LogP contribution is 2.13. The van der Waals surface area contributed by atoms with Gasteiger partial charge in [-0.2, -0.15) is 0 Å². The van der Waals surface area contributed by atoms with Crippen molar-refractivity contribution in [2.75, 3.05) is 0 Å². The molecule has 0 saturated carbocycles. The van der Waals surface area contributed by atoms with Crippen LogP contribution in [-0.2, 0) is 9.84 Å². The van der Waals surface area contributed by atoms with Crippen molar-refractivity contribution in [1.29, 1.82) is 0 Å². The van der Waals surface area contributed by atoms with Crippen LogP contribution in [0.2, 0.25) is 0 Å². The van der Waals surface area contributed by atoms with E-state index in [2.05, 4.69) is 0 Å². The van der Waals surface area contributed by atoms with Crippen LogP contribution >= 0.6 is 0 Å². The highest BCUT2D eigenvalue weighted by Gasteiger charge is 2.08. The molecule has 0 saturated heterocycles. The minimum absolute atomic E-state index is 0.312. The summed E-state index contributed by atoms with van der Waals surface area (Å²) in [6.07, 6.45) is 1.60. The molecule has 0 aliphatic carbocycles. The van der Waals surface area contributed by atoms with Crippen molar-refractivity contribution < 1.29 is 8.42 Å². The van der Waals surface area contributed by atoms with Crippen LogP contribution in [0.5, 0.6) is 0 Å². The van der Waals surface area contributed by atoms with E-state index in [0.29, 0.717) is 4.90 Å². The highest BCUT2D eigenvalue weighted by atomic mass is 32.2. The molecule has 0 aromatic heterocycles. The minimum atomic E-state index is -3.34. The third kappa shape index (κ3) is 3.04. The molecule has 0 N–H and O–H groups in total. The van der Waals surface area contributed by atoms with Crippen LogP contribution in [0.25, 0.3) is 6.08 Å². The summed E-state index contributed by atoms with van der Waals surface area (Å²) in [5.74, 6) is 0. The van der Waals surface area contributed by atoms with Gasteiger partial charge in [0.2, 0.25) is 0 Å². The summed E-state index contributed by atoms with van der Waals surface area (Å²) in [5, 5.41) is 1.23. The molecule has 0 bridgehead atoms. The van der Waals surface area contributed by atoms with E-state index in [1.807, 2.05) is 30.3 Å². The Labute approximate surface area is 101 Å². The molecule has 0 unspecified atom stereocenters. The molecule has 0 spiro atoms. The predicted molar refractivity (Wildman–Crippen MR) is 69.1 cm³/mol. The van der Waals surface area contributed by atoms with Crippen LogP contribution in [0.1, 0.15) is 5.56 Å². The molecule has 2 nitrogen and oxygen atoms in total. The third-order valence-corrected chi connectivity index (χ3v) is 3.73. The number of sulfone groups is 1. The van der Waals surface area contributed by atoms with Gasteiger partial charge in [0.1, 0.15) is 0 Å². The van der Waals surface area contributed by atoms with Crippen LogP contribution in [-0.4, -0.2) is 8.42 Å². The summed E-state index contributed by atoms with van der Waals surface area (Å²) in [6, 6.07) is 17.7. The zero-order chi connectivity index (χ0) is 12.1. The first-order valence-electron chi connectivity index (χ1n) is 5.22. The van der Waals surface area contributed by atoms with Crippen LogP contribution in [0.4, 0.5) is 0 Å². The van der Waals surface area contributed by atoms with Gasteiger partial charge >= 0.3 is 0 Å². The SMILES string of the molecule is O=S(=O)(/C=C/c1ccccc1)c1ccccc1. The van der Waals surface area contributed by atoms with E-state index >= 15 is 0 Å². The Kier molecular flexibility index (Phi) is 3.40. The lowest BCUT2D eigenvalue weighted by Gasteiger charge is -1.97. The molecular formula is C14H12O2S. The molecule has 2 rings (SSSR count). The zero-order valence-corrected chi connectivity index (χ0v) is 9.97. The van der Waals surface area contributed by atoms with E-state index in [0.717, 1.165) is 5.56 Å². The Bertz CT molecular complexity index is 599. The first-order valence-corrected chi connectivity index (χ1v) is 6.76. The van der Waals surface area contributed by atoms with Crippen molar-refractivity contribution in [2.45, 2.75) is 4.90 Å². The fourth-order valence-electron chi connectivity index (χ4n) is 1.42. The van der Waals surface area contributed by atoms with Crippen molar-refractivity contribution >= 4 is 15.9 Å². The maximum absolute atomic E-state index is 11.9. The molecule has 0 atom stereocenters. The number of hydrogen-bond acceptors (Lipinski definition) is 2. The number of hydrogen-bond donors (Lipinski definition) is 0. The molecule has 0 heterocycles. The minimum Gasteiger partial charge on any atom is -0.219 e. The summed E-state index contributed by atoms with van der Waals surface area (Å²) >= 11 is 0. The fraction of sp³-hybridized carbons (Fsp3) is 0. The highest BCUT2D eigenvalue weighted by molar-refractivity contribution is 7.94. The second-order valence-electron chi connectivity index (χ2n) is 3.57. The third-order valence-electron chi connectivity index (χ3n) is 2.31. The van der Waals surface area contributed by atoms with Crippen molar-refractivity contribution in [2.24, 2.45) is 0 Å². The molecule has 2 aromatic carbocycles. The molecule has 0 radical (unpaired) electrons. The Hall–Kier alpha value is -1.87.